The number of fused-ring (bicyclic) bond motifs is 1. The highest BCUT2D eigenvalue weighted by molar-refractivity contribution is 7.71. The Morgan fingerprint density at radius 1 is 1.06 bits per heavy atom. The van der Waals surface area contributed by atoms with Crippen molar-refractivity contribution in [3.05, 3.63) is 74.3 Å². The Morgan fingerprint density at radius 2 is 1.74 bits per heavy atom. The molecule has 3 aromatic rings. The van der Waals surface area contributed by atoms with E-state index >= 15 is 0 Å². The third kappa shape index (κ3) is 5.29. The molecule has 2 aromatic carbocycles. The van der Waals surface area contributed by atoms with Crippen molar-refractivity contribution in [2.24, 2.45) is 11.8 Å². The third-order valence-electron chi connectivity index (χ3n) is 5.83. The Morgan fingerprint density at radius 3 is 2.45 bits per heavy atom. The van der Waals surface area contributed by atoms with Crippen LogP contribution in [-0.2, 0) is 13.1 Å². The first kappa shape index (κ1) is 21.5. The van der Waals surface area contributed by atoms with Crippen LogP contribution in [0.25, 0.3) is 10.9 Å². The first-order chi connectivity index (χ1) is 14.9. The molecule has 3 N–H and O–H groups in total. The van der Waals surface area contributed by atoms with Crippen molar-refractivity contribution in [2.75, 3.05) is 13.1 Å². The number of hydrogen-bond donors (Lipinski definition) is 3. The van der Waals surface area contributed by atoms with Gasteiger partial charge in [-0.05, 0) is 59.8 Å². The zero-order valence-corrected chi connectivity index (χ0v) is 18.7. The SMILES string of the molecule is CC1CC(C)CN(Cc2ccc(CNC(=O)c3ccc4c(=O)[nH]c(=S)[nH]c4c3)cc2)C1. The molecule has 2 heterocycles. The first-order valence-electron chi connectivity index (χ1n) is 10.7. The molecule has 0 bridgehead atoms. The van der Waals surface area contributed by atoms with Gasteiger partial charge in [0.2, 0.25) is 0 Å². The largest absolute Gasteiger partial charge is 0.348 e. The molecular weight excluding hydrogens is 408 g/mol. The van der Waals surface area contributed by atoms with Crippen LogP contribution in [0.3, 0.4) is 0 Å². The molecule has 2 atom stereocenters. The number of nitrogens with zero attached hydrogens (tertiary/aromatic N) is 1. The number of carbonyl (C=O) groups is 1. The average Bonchev–Trinajstić information content (AvgIpc) is 2.71. The number of aromatic nitrogens is 2. The lowest BCUT2D eigenvalue weighted by molar-refractivity contribution is 0.0951. The van der Waals surface area contributed by atoms with E-state index in [0.29, 0.717) is 23.0 Å². The maximum atomic E-state index is 12.6. The van der Waals surface area contributed by atoms with Crippen LogP contribution in [0.5, 0.6) is 0 Å². The van der Waals surface area contributed by atoms with Gasteiger partial charge in [0.1, 0.15) is 0 Å². The lowest BCUT2D eigenvalue weighted by Gasteiger charge is -2.35. The molecule has 2 unspecified atom stereocenters. The van der Waals surface area contributed by atoms with E-state index < -0.39 is 0 Å². The van der Waals surface area contributed by atoms with Gasteiger partial charge in [0.25, 0.3) is 11.5 Å². The van der Waals surface area contributed by atoms with Gasteiger partial charge in [0, 0.05) is 31.7 Å². The summed E-state index contributed by atoms with van der Waals surface area (Å²) in [5.74, 6) is 1.31. The molecule has 1 aliphatic heterocycles. The van der Waals surface area contributed by atoms with E-state index in [0.717, 1.165) is 37.0 Å². The molecule has 1 aliphatic rings. The zero-order chi connectivity index (χ0) is 22.0. The quantitative estimate of drug-likeness (QED) is 0.528. The summed E-state index contributed by atoms with van der Waals surface area (Å²) < 4.78 is 0.239. The van der Waals surface area contributed by atoms with Crippen LogP contribution in [-0.4, -0.2) is 33.9 Å². The number of aromatic amines is 2. The topological polar surface area (TPSA) is 81.0 Å². The van der Waals surface area contributed by atoms with Crippen molar-refractivity contribution in [2.45, 2.75) is 33.4 Å². The average molecular weight is 437 g/mol. The van der Waals surface area contributed by atoms with E-state index in [9.17, 15) is 9.59 Å². The van der Waals surface area contributed by atoms with Crippen molar-refractivity contribution in [1.82, 2.24) is 20.2 Å². The standard InChI is InChI=1S/C24H28N4O2S/c1-15-9-16(2)13-28(12-15)14-18-5-3-17(4-6-18)11-25-22(29)19-7-8-20-21(10-19)26-24(31)27-23(20)30/h3-8,10,15-16H,9,11-14H2,1-2H3,(H,25,29)(H2,26,27,30,31). The molecule has 4 rings (SSSR count). The summed E-state index contributed by atoms with van der Waals surface area (Å²) in [5, 5.41) is 3.42. The molecule has 0 aliphatic carbocycles. The minimum absolute atomic E-state index is 0.193. The summed E-state index contributed by atoms with van der Waals surface area (Å²) >= 11 is 5.01. The van der Waals surface area contributed by atoms with Gasteiger partial charge in [0.05, 0.1) is 10.9 Å². The molecular formula is C24H28N4O2S. The normalized spacial score (nSPS) is 19.4. The van der Waals surface area contributed by atoms with Gasteiger partial charge in [-0.1, -0.05) is 38.1 Å². The number of benzene rings is 2. The second-order valence-corrected chi connectivity index (χ2v) is 9.22. The molecule has 31 heavy (non-hydrogen) atoms. The fourth-order valence-corrected chi connectivity index (χ4v) is 4.74. The van der Waals surface area contributed by atoms with Crippen molar-refractivity contribution in [3.63, 3.8) is 0 Å². The number of amides is 1. The second kappa shape index (κ2) is 9.16. The van der Waals surface area contributed by atoms with Crippen LogP contribution in [0.4, 0.5) is 0 Å². The molecule has 1 saturated heterocycles. The highest BCUT2D eigenvalue weighted by Gasteiger charge is 2.21. The Kier molecular flexibility index (Phi) is 6.34. The van der Waals surface area contributed by atoms with Crippen LogP contribution < -0.4 is 10.9 Å². The maximum Gasteiger partial charge on any atom is 0.259 e. The Balaban J connectivity index is 1.37. The van der Waals surface area contributed by atoms with Gasteiger partial charge in [-0.25, -0.2) is 0 Å². The van der Waals surface area contributed by atoms with Gasteiger partial charge in [-0.3, -0.25) is 19.5 Å². The minimum atomic E-state index is -0.265. The molecule has 1 amide bonds. The molecule has 1 aromatic heterocycles. The fourth-order valence-electron chi connectivity index (χ4n) is 4.54. The van der Waals surface area contributed by atoms with E-state index in [4.69, 9.17) is 12.2 Å². The number of nitrogens with one attached hydrogen (secondary N) is 3. The lowest BCUT2D eigenvalue weighted by atomic mass is 9.91. The number of rotatable bonds is 5. The van der Waals surface area contributed by atoms with Gasteiger partial charge in [0.15, 0.2) is 4.77 Å². The Bertz CT molecular complexity index is 1190. The molecule has 6 nitrogen and oxygen atoms in total. The Labute approximate surface area is 186 Å². The van der Waals surface area contributed by atoms with Crippen molar-refractivity contribution in [3.8, 4) is 0 Å². The highest BCUT2D eigenvalue weighted by Crippen LogP contribution is 2.22. The minimum Gasteiger partial charge on any atom is -0.348 e. The van der Waals surface area contributed by atoms with Crippen molar-refractivity contribution in [1.29, 1.82) is 0 Å². The third-order valence-corrected chi connectivity index (χ3v) is 6.03. The summed E-state index contributed by atoms with van der Waals surface area (Å²) in [6, 6.07) is 13.4. The predicted molar refractivity (Wildman–Crippen MR) is 126 cm³/mol. The molecule has 0 radical (unpaired) electrons. The zero-order valence-electron chi connectivity index (χ0n) is 17.9. The molecule has 0 spiro atoms. The smallest absolute Gasteiger partial charge is 0.259 e. The molecule has 0 saturated carbocycles. The predicted octanol–water partition coefficient (Wildman–Crippen LogP) is 3.99. The summed E-state index contributed by atoms with van der Waals surface area (Å²) in [6.07, 6.45) is 1.31. The van der Waals surface area contributed by atoms with Crippen LogP contribution >= 0.6 is 12.2 Å². The number of carbonyl (C=O) groups excluding carboxylic acids is 1. The summed E-state index contributed by atoms with van der Waals surface area (Å²) in [7, 11) is 0. The lowest BCUT2D eigenvalue weighted by Crippen LogP contribution is -2.38. The van der Waals surface area contributed by atoms with Crippen LogP contribution in [0, 0.1) is 16.6 Å². The first-order valence-corrected chi connectivity index (χ1v) is 11.1. The van der Waals surface area contributed by atoms with Crippen LogP contribution in [0.2, 0.25) is 0 Å². The number of piperidine rings is 1. The van der Waals surface area contributed by atoms with E-state index in [1.165, 1.54) is 12.0 Å². The number of hydrogen-bond acceptors (Lipinski definition) is 4. The van der Waals surface area contributed by atoms with Gasteiger partial charge >= 0.3 is 0 Å². The fraction of sp³-hybridized carbons (Fsp3) is 0.375. The number of H-pyrrole nitrogens is 2. The van der Waals surface area contributed by atoms with Gasteiger partial charge in [-0.2, -0.15) is 0 Å². The van der Waals surface area contributed by atoms with E-state index in [-0.39, 0.29) is 16.2 Å². The summed E-state index contributed by atoms with van der Waals surface area (Å²) in [4.78, 5) is 32.5. The van der Waals surface area contributed by atoms with Crippen LogP contribution in [0.15, 0.2) is 47.3 Å². The summed E-state index contributed by atoms with van der Waals surface area (Å²) in [5.41, 5.74) is 3.11. The van der Waals surface area contributed by atoms with E-state index in [1.54, 1.807) is 18.2 Å². The molecule has 1 fully saturated rings. The van der Waals surface area contributed by atoms with E-state index in [2.05, 4.69) is 58.3 Å². The van der Waals surface area contributed by atoms with Crippen molar-refractivity contribution < 1.29 is 4.79 Å². The highest BCUT2D eigenvalue weighted by atomic mass is 32.1. The number of likely N-dealkylation sites (tertiary alicyclic amines) is 1. The molecule has 7 heteroatoms. The Hall–Kier alpha value is -2.77. The summed E-state index contributed by atoms with van der Waals surface area (Å²) in [6.45, 7) is 8.39. The maximum absolute atomic E-state index is 12.6. The monoisotopic (exact) mass is 436 g/mol. The van der Waals surface area contributed by atoms with E-state index in [1.807, 2.05) is 0 Å². The van der Waals surface area contributed by atoms with Gasteiger partial charge in [-0.15, -0.1) is 0 Å². The van der Waals surface area contributed by atoms with Gasteiger partial charge < -0.3 is 10.3 Å². The second-order valence-electron chi connectivity index (χ2n) is 8.81. The molecule has 162 valence electrons. The van der Waals surface area contributed by atoms with Crippen molar-refractivity contribution >= 4 is 29.0 Å². The van der Waals surface area contributed by atoms with Crippen LogP contribution in [0.1, 0.15) is 41.8 Å².